The third-order valence-corrected chi connectivity index (χ3v) is 3.31. The minimum atomic E-state index is -0.626. The fourth-order valence-corrected chi connectivity index (χ4v) is 2.02. The molecule has 0 radical (unpaired) electrons. The Hall–Kier alpha value is -0.760. The lowest BCUT2D eigenvalue weighted by atomic mass is 10.2. The molecule has 7 heteroatoms. The zero-order valence-electron chi connectivity index (χ0n) is 8.60. The second-order valence-electron chi connectivity index (χ2n) is 3.37. The minimum absolute atomic E-state index is 0.224. The SMILES string of the molecule is NC(CO)c1noc(-c2cc(Br)ccc2Br)n1. The molecule has 1 heterocycles. The van der Waals surface area contributed by atoms with E-state index in [1.807, 2.05) is 18.2 Å². The predicted octanol–water partition coefficient (Wildman–Crippen LogP) is 2.25. The van der Waals surface area contributed by atoms with Gasteiger partial charge in [-0.2, -0.15) is 4.98 Å². The van der Waals surface area contributed by atoms with Crippen LogP contribution in [-0.2, 0) is 0 Å². The molecule has 17 heavy (non-hydrogen) atoms. The second kappa shape index (κ2) is 5.26. The molecule has 5 nitrogen and oxygen atoms in total. The third-order valence-electron chi connectivity index (χ3n) is 2.13. The van der Waals surface area contributed by atoms with E-state index in [2.05, 4.69) is 42.0 Å². The van der Waals surface area contributed by atoms with Crippen molar-refractivity contribution in [3.05, 3.63) is 33.0 Å². The summed E-state index contributed by atoms with van der Waals surface area (Å²) < 4.78 is 6.85. The Morgan fingerprint density at radius 3 is 2.88 bits per heavy atom. The molecular weight excluding hydrogens is 354 g/mol. The van der Waals surface area contributed by atoms with Crippen molar-refractivity contribution in [1.82, 2.24) is 10.1 Å². The van der Waals surface area contributed by atoms with Gasteiger partial charge in [-0.05, 0) is 34.1 Å². The van der Waals surface area contributed by atoms with Gasteiger partial charge in [0.25, 0.3) is 5.89 Å². The van der Waals surface area contributed by atoms with Crippen molar-refractivity contribution in [2.45, 2.75) is 6.04 Å². The molecule has 0 saturated carbocycles. The maximum absolute atomic E-state index is 8.90. The molecule has 0 spiro atoms. The topological polar surface area (TPSA) is 85.2 Å². The molecule has 90 valence electrons. The van der Waals surface area contributed by atoms with Crippen molar-refractivity contribution in [1.29, 1.82) is 0 Å². The molecule has 1 aromatic heterocycles. The maximum Gasteiger partial charge on any atom is 0.259 e. The molecule has 1 unspecified atom stereocenters. The van der Waals surface area contributed by atoms with Gasteiger partial charge in [-0.3, -0.25) is 0 Å². The van der Waals surface area contributed by atoms with E-state index in [9.17, 15) is 0 Å². The average Bonchev–Trinajstić information content (AvgIpc) is 2.80. The van der Waals surface area contributed by atoms with Crippen LogP contribution in [0.3, 0.4) is 0 Å². The van der Waals surface area contributed by atoms with Gasteiger partial charge in [-0.15, -0.1) is 0 Å². The van der Waals surface area contributed by atoms with Gasteiger partial charge in [0.2, 0.25) is 0 Å². The van der Waals surface area contributed by atoms with Crippen LogP contribution in [0.15, 0.2) is 31.7 Å². The molecule has 2 rings (SSSR count). The molecule has 3 N–H and O–H groups in total. The summed E-state index contributed by atoms with van der Waals surface area (Å²) in [4.78, 5) is 4.14. The first-order chi connectivity index (χ1) is 8.11. The molecule has 0 amide bonds. The maximum atomic E-state index is 8.90. The molecule has 0 saturated heterocycles. The lowest BCUT2D eigenvalue weighted by Gasteiger charge is -2.00. The summed E-state index contributed by atoms with van der Waals surface area (Å²) in [6, 6.07) is 4.99. The average molecular weight is 363 g/mol. The quantitative estimate of drug-likeness (QED) is 0.874. The fourth-order valence-electron chi connectivity index (χ4n) is 1.24. The summed E-state index contributed by atoms with van der Waals surface area (Å²) in [6.45, 7) is -0.224. The number of hydrogen-bond donors (Lipinski definition) is 2. The summed E-state index contributed by atoms with van der Waals surface area (Å²) in [5.41, 5.74) is 6.36. The Labute approximate surface area is 114 Å². The van der Waals surface area contributed by atoms with E-state index in [1.165, 1.54) is 0 Å². The van der Waals surface area contributed by atoms with Crippen LogP contribution in [0.2, 0.25) is 0 Å². The molecule has 1 aromatic carbocycles. The summed E-state index contributed by atoms with van der Waals surface area (Å²) in [6.07, 6.45) is 0. The zero-order valence-corrected chi connectivity index (χ0v) is 11.8. The highest BCUT2D eigenvalue weighted by atomic mass is 79.9. The molecular formula is C10H9Br2N3O2. The van der Waals surface area contributed by atoms with Crippen LogP contribution in [0.1, 0.15) is 11.9 Å². The van der Waals surface area contributed by atoms with E-state index in [0.29, 0.717) is 5.89 Å². The van der Waals surface area contributed by atoms with Crippen LogP contribution < -0.4 is 5.73 Å². The summed E-state index contributed by atoms with van der Waals surface area (Å²) >= 11 is 6.77. The molecule has 1 atom stereocenters. The second-order valence-corrected chi connectivity index (χ2v) is 5.14. The van der Waals surface area contributed by atoms with E-state index in [1.54, 1.807) is 0 Å². The molecule has 0 aliphatic heterocycles. The number of halogens is 2. The van der Waals surface area contributed by atoms with Gasteiger partial charge in [0.05, 0.1) is 18.2 Å². The number of benzene rings is 1. The fraction of sp³-hybridized carbons (Fsp3) is 0.200. The van der Waals surface area contributed by atoms with Gasteiger partial charge in [-0.25, -0.2) is 0 Å². The first-order valence-corrected chi connectivity index (χ1v) is 6.36. The van der Waals surface area contributed by atoms with Gasteiger partial charge in [0, 0.05) is 8.95 Å². The highest BCUT2D eigenvalue weighted by Gasteiger charge is 2.16. The highest BCUT2D eigenvalue weighted by Crippen LogP contribution is 2.30. The van der Waals surface area contributed by atoms with Crippen LogP contribution in [0.4, 0.5) is 0 Å². The molecule has 0 fully saturated rings. The van der Waals surface area contributed by atoms with Gasteiger partial charge in [0.1, 0.15) is 0 Å². The minimum Gasteiger partial charge on any atom is -0.394 e. The third kappa shape index (κ3) is 2.74. The zero-order chi connectivity index (χ0) is 12.4. The van der Waals surface area contributed by atoms with Crippen LogP contribution in [-0.4, -0.2) is 21.9 Å². The number of aliphatic hydroxyl groups is 1. The number of rotatable bonds is 3. The Bertz CT molecular complexity index is 530. The Morgan fingerprint density at radius 1 is 1.41 bits per heavy atom. The van der Waals surface area contributed by atoms with Crippen LogP contribution in [0, 0.1) is 0 Å². The Kier molecular flexibility index (Phi) is 3.93. The van der Waals surface area contributed by atoms with Crippen molar-refractivity contribution in [2.75, 3.05) is 6.61 Å². The van der Waals surface area contributed by atoms with Crippen LogP contribution >= 0.6 is 31.9 Å². The van der Waals surface area contributed by atoms with Crippen molar-refractivity contribution in [3.8, 4) is 11.5 Å². The van der Waals surface area contributed by atoms with Gasteiger partial charge in [0.15, 0.2) is 5.82 Å². The summed E-state index contributed by atoms with van der Waals surface area (Å²) in [5, 5.41) is 12.6. The number of nitrogens with two attached hydrogens (primary N) is 1. The van der Waals surface area contributed by atoms with Gasteiger partial charge < -0.3 is 15.4 Å². The van der Waals surface area contributed by atoms with Crippen LogP contribution in [0.5, 0.6) is 0 Å². The van der Waals surface area contributed by atoms with E-state index < -0.39 is 6.04 Å². The highest BCUT2D eigenvalue weighted by molar-refractivity contribution is 9.11. The van der Waals surface area contributed by atoms with Crippen molar-refractivity contribution in [3.63, 3.8) is 0 Å². The number of aliphatic hydroxyl groups excluding tert-OH is 1. The van der Waals surface area contributed by atoms with Crippen LogP contribution in [0.25, 0.3) is 11.5 Å². The first kappa shape index (κ1) is 12.7. The van der Waals surface area contributed by atoms with E-state index in [4.69, 9.17) is 15.4 Å². The molecule has 0 bridgehead atoms. The Morgan fingerprint density at radius 2 is 2.18 bits per heavy atom. The number of hydrogen-bond acceptors (Lipinski definition) is 5. The van der Waals surface area contributed by atoms with E-state index in [0.717, 1.165) is 14.5 Å². The lowest BCUT2D eigenvalue weighted by molar-refractivity contribution is 0.260. The van der Waals surface area contributed by atoms with Gasteiger partial charge in [-0.1, -0.05) is 21.1 Å². The standard InChI is InChI=1S/C10H9Br2N3O2/c11-5-1-2-7(12)6(3-5)10-14-9(15-17-10)8(13)4-16/h1-3,8,16H,4,13H2. The monoisotopic (exact) mass is 361 g/mol. The van der Waals surface area contributed by atoms with E-state index >= 15 is 0 Å². The number of aromatic nitrogens is 2. The lowest BCUT2D eigenvalue weighted by Crippen LogP contribution is -2.15. The molecule has 0 aliphatic carbocycles. The van der Waals surface area contributed by atoms with Crippen molar-refractivity contribution in [2.24, 2.45) is 5.73 Å². The first-order valence-electron chi connectivity index (χ1n) is 4.77. The Balaban J connectivity index is 2.40. The smallest absolute Gasteiger partial charge is 0.259 e. The molecule has 0 aliphatic rings. The summed E-state index contributed by atoms with van der Waals surface area (Å²) in [5.74, 6) is 0.645. The normalized spacial score (nSPS) is 12.7. The van der Waals surface area contributed by atoms with Crippen molar-refractivity contribution < 1.29 is 9.63 Å². The van der Waals surface area contributed by atoms with Crippen molar-refractivity contribution >= 4 is 31.9 Å². The largest absolute Gasteiger partial charge is 0.394 e. The predicted molar refractivity (Wildman–Crippen MR) is 69.1 cm³/mol. The van der Waals surface area contributed by atoms with Gasteiger partial charge >= 0.3 is 0 Å². The summed E-state index contributed by atoms with van der Waals surface area (Å²) in [7, 11) is 0. The molecule has 2 aromatic rings. The van der Waals surface area contributed by atoms with E-state index in [-0.39, 0.29) is 12.4 Å². The number of nitrogens with zero attached hydrogens (tertiary/aromatic N) is 2.